The Morgan fingerprint density at radius 3 is 2.77 bits per heavy atom. The third-order valence-electron chi connectivity index (χ3n) is 5.13. The van der Waals surface area contributed by atoms with E-state index >= 15 is 0 Å². The highest BCUT2D eigenvalue weighted by Crippen LogP contribution is 2.22. The summed E-state index contributed by atoms with van der Waals surface area (Å²) in [5, 5.41) is 5.83. The highest BCUT2D eigenvalue weighted by atomic mass is 32.1. The van der Waals surface area contributed by atoms with Crippen LogP contribution in [0.2, 0.25) is 0 Å². The van der Waals surface area contributed by atoms with E-state index in [9.17, 15) is 4.79 Å². The third-order valence-corrected chi connectivity index (χ3v) is 5.97. The van der Waals surface area contributed by atoms with E-state index < -0.39 is 0 Å². The molecule has 1 aromatic carbocycles. The van der Waals surface area contributed by atoms with E-state index in [2.05, 4.69) is 19.4 Å². The smallest absolute Gasteiger partial charge is 0.268 e. The Morgan fingerprint density at radius 2 is 1.97 bits per heavy atom. The number of nitrogens with two attached hydrogens (primary N) is 1. The fraction of sp³-hybridized carbons (Fsp3) is 0.158. The van der Waals surface area contributed by atoms with Gasteiger partial charge in [0.2, 0.25) is 0 Å². The van der Waals surface area contributed by atoms with Crippen LogP contribution in [0.4, 0.5) is 5.82 Å². The highest BCUT2D eigenvalue weighted by molar-refractivity contribution is 7.12. The molecule has 2 N–H and O–H groups in total. The quantitative estimate of drug-likeness (QED) is 0.426. The summed E-state index contributed by atoms with van der Waals surface area (Å²) in [6.45, 7) is 4.04. The molecule has 0 atom stereocenters. The van der Waals surface area contributed by atoms with Gasteiger partial charge in [-0.05, 0) is 37.0 Å². The van der Waals surface area contributed by atoms with Crippen LogP contribution in [0, 0.1) is 13.8 Å². The predicted octanol–water partition coefficient (Wildman–Crippen LogP) is 0.488. The second kappa shape index (κ2) is 6.73. The first-order chi connectivity index (χ1) is 14.5. The molecule has 9 nitrogen and oxygen atoms in total. The Hall–Kier alpha value is -3.60. The SMILES string of the molecule is Bc1nn(Cc2nc3snc(C)c3c(=O)n2-c2ccccc2C)c2ncnc(N)c12. The van der Waals surface area contributed by atoms with Gasteiger partial charge in [0.15, 0.2) is 18.3 Å². The van der Waals surface area contributed by atoms with E-state index in [-0.39, 0.29) is 12.1 Å². The Kier molecular flexibility index (Phi) is 4.14. The molecular weight excluding hydrogens is 399 g/mol. The fourth-order valence-corrected chi connectivity index (χ4v) is 4.49. The van der Waals surface area contributed by atoms with E-state index in [1.54, 1.807) is 9.25 Å². The highest BCUT2D eigenvalue weighted by Gasteiger charge is 2.20. The molecule has 5 aromatic rings. The second-order valence-electron chi connectivity index (χ2n) is 7.10. The number of rotatable bonds is 3. The van der Waals surface area contributed by atoms with Crippen LogP contribution in [-0.2, 0) is 6.54 Å². The van der Waals surface area contributed by atoms with Gasteiger partial charge in [-0.15, -0.1) is 0 Å². The Bertz CT molecular complexity index is 1500. The molecule has 0 aliphatic heterocycles. The van der Waals surface area contributed by atoms with Crippen molar-refractivity contribution in [3.8, 4) is 5.69 Å². The van der Waals surface area contributed by atoms with Crippen molar-refractivity contribution in [3.05, 3.63) is 58.0 Å². The molecule has 0 aliphatic carbocycles. The zero-order valence-corrected chi connectivity index (χ0v) is 17.4. The van der Waals surface area contributed by atoms with Crippen molar-refractivity contribution < 1.29 is 0 Å². The average Bonchev–Trinajstić information content (AvgIpc) is 3.24. The number of fused-ring (bicyclic) bond motifs is 2. The molecule has 0 aliphatic rings. The van der Waals surface area contributed by atoms with E-state index in [4.69, 9.17) is 10.7 Å². The summed E-state index contributed by atoms with van der Waals surface area (Å²) in [5.41, 5.74) is 9.64. The van der Waals surface area contributed by atoms with E-state index in [1.807, 2.05) is 46.0 Å². The van der Waals surface area contributed by atoms with Gasteiger partial charge in [0.05, 0.1) is 16.8 Å². The van der Waals surface area contributed by atoms with Crippen LogP contribution < -0.4 is 16.9 Å². The molecule has 0 saturated carbocycles. The number of anilines is 1. The maximum Gasteiger partial charge on any atom is 0.268 e. The Labute approximate surface area is 175 Å². The van der Waals surface area contributed by atoms with Gasteiger partial charge < -0.3 is 5.73 Å². The largest absolute Gasteiger partial charge is 0.383 e. The number of nitrogen functional groups attached to an aromatic ring is 1. The zero-order valence-electron chi connectivity index (χ0n) is 16.6. The van der Waals surface area contributed by atoms with Crippen LogP contribution in [0.15, 0.2) is 35.4 Å². The van der Waals surface area contributed by atoms with Gasteiger partial charge in [-0.1, -0.05) is 18.2 Å². The maximum absolute atomic E-state index is 13.5. The number of hydrogen-bond donors (Lipinski definition) is 1. The number of benzene rings is 1. The van der Waals surface area contributed by atoms with E-state index in [0.717, 1.165) is 16.8 Å². The lowest BCUT2D eigenvalue weighted by molar-refractivity contribution is 0.654. The van der Waals surface area contributed by atoms with Crippen molar-refractivity contribution in [2.45, 2.75) is 20.4 Å². The van der Waals surface area contributed by atoms with Crippen molar-refractivity contribution in [2.75, 3.05) is 5.73 Å². The Balaban J connectivity index is 1.80. The van der Waals surface area contributed by atoms with Crippen molar-refractivity contribution in [1.29, 1.82) is 0 Å². The first-order valence-corrected chi connectivity index (χ1v) is 10.1. The monoisotopic (exact) mass is 416 g/mol. The zero-order chi connectivity index (χ0) is 21.0. The number of aromatic nitrogens is 7. The summed E-state index contributed by atoms with van der Waals surface area (Å²) in [7, 11) is 1.86. The number of aryl methyl sites for hydroxylation is 2. The standard InChI is InChI=1S/C19H17BN8OS/c1-9-5-3-4-6-11(9)28-12(24-18-13(19(28)29)10(2)26-30-18)7-27-17-14(15(20)25-27)16(21)22-8-23-17/h3-6,8H,7,20H2,1-2H3,(H2,21,22,23). The number of hydrogen-bond acceptors (Lipinski definition) is 8. The van der Waals surface area contributed by atoms with Crippen LogP contribution in [0.1, 0.15) is 17.1 Å². The summed E-state index contributed by atoms with van der Waals surface area (Å²) in [5.74, 6) is 0.925. The third kappa shape index (κ3) is 2.70. The lowest BCUT2D eigenvalue weighted by Crippen LogP contribution is -2.26. The van der Waals surface area contributed by atoms with Crippen molar-refractivity contribution in [1.82, 2.24) is 33.7 Å². The van der Waals surface area contributed by atoms with Gasteiger partial charge >= 0.3 is 0 Å². The molecular formula is C19H17BN8OS. The first kappa shape index (κ1) is 18.4. The number of para-hydroxylation sites is 1. The van der Waals surface area contributed by atoms with Crippen molar-refractivity contribution in [3.63, 3.8) is 0 Å². The summed E-state index contributed by atoms with van der Waals surface area (Å²) in [4.78, 5) is 27.3. The van der Waals surface area contributed by atoms with Crippen LogP contribution in [0.3, 0.4) is 0 Å². The average molecular weight is 416 g/mol. The summed E-state index contributed by atoms with van der Waals surface area (Å²) < 4.78 is 7.69. The molecule has 0 bridgehead atoms. The molecule has 11 heteroatoms. The summed E-state index contributed by atoms with van der Waals surface area (Å²) in [6, 6.07) is 7.73. The van der Waals surface area contributed by atoms with Gasteiger partial charge in [-0.25, -0.2) is 19.6 Å². The van der Waals surface area contributed by atoms with Crippen LogP contribution in [0.5, 0.6) is 0 Å². The molecule has 4 aromatic heterocycles. The van der Waals surface area contributed by atoms with Gasteiger partial charge in [-0.2, -0.15) is 9.47 Å². The van der Waals surface area contributed by atoms with Gasteiger partial charge in [0, 0.05) is 5.59 Å². The molecule has 0 spiro atoms. The molecule has 0 fully saturated rings. The predicted molar refractivity (Wildman–Crippen MR) is 120 cm³/mol. The molecule has 30 heavy (non-hydrogen) atoms. The van der Waals surface area contributed by atoms with Crippen LogP contribution in [0.25, 0.3) is 26.9 Å². The fourth-order valence-electron chi connectivity index (χ4n) is 3.70. The number of nitrogens with zero attached hydrogens (tertiary/aromatic N) is 7. The van der Waals surface area contributed by atoms with E-state index in [1.165, 1.54) is 17.9 Å². The first-order valence-electron chi connectivity index (χ1n) is 9.33. The lowest BCUT2D eigenvalue weighted by atomic mass is 10.0. The van der Waals surface area contributed by atoms with Gasteiger partial charge in [0.1, 0.15) is 29.9 Å². The molecule has 5 rings (SSSR count). The molecule has 0 saturated heterocycles. The van der Waals surface area contributed by atoms with Crippen LogP contribution in [-0.4, -0.2) is 41.5 Å². The molecule has 148 valence electrons. The topological polar surface area (TPSA) is 117 Å². The summed E-state index contributed by atoms with van der Waals surface area (Å²) >= 11 is 1.22. The van der Waals surface area contributed by atoms with Crippen molar-refractivity contribution in [2.24, 2.45) is 0 Å². The molecule has 0 amide bonds. The molecule has 0 radical (unpaired) electrons. The second-order valence-corrected chi connectivity index (χ2v) is 7.86. The minimum absolute atomic E-state index is 0.141. The normalized spacial score (nSPS) is 11.5. The van der Waals surface area contributed by atoms with E-state index in [0.29, 0.717) is 38.6 Å². The van der Waals surface area contributed by atoms with Gasteiger partial charge in [-0.3, -0.25) is 9.36 Å². The lowest BCUT2D eigenvalue weighted by Gasteiger charge is -2.15. The minimum Gasteiger partial charge on any atom is -0.383 e. The molecule has 4 heterocycles. The van der Waals surface area contributed by atoms with Crippen molar-refractivity contribution >= 4 is 52.0 Å². The van der Waals surface area contributed by atoms with Gasteiger partial charge in [0.25, 0.3) is 5.56 Å². The summed E-state index contributed by atoms with van der Waals surface area (Å²) in [6.07, 6.45) is 1.41. The maximum atomic E-state index is 13.5. The van der Waals surface area contributed by atoms with Crippen LogP contribution >= 0.6 is 11.5 Å². The minimum atomic E-state index is -0.141. The molecule has 0 unspecified atom stereocenters. The Morgan fingerprint density at radius 1 is 1.17 bits per heavy atom.